The quantitative estimate of drug-likeness (QED) is 0.832. The lowest BCUT2D eigenvalue weighted by Gasteiger charge is -2.48. The molecule has 1 fully saturated rings. The molecule has 0 bridgehead atoms. The molecule has 1 aliphatic rings. The third-order valence-electron chi connectivity index (χ3n) is 4.25. The number of rotatable bonds is 6. The van der Waals surface area contributed by atoms with E-state index in [-0.39, 0.29) is 0 Å². The van der Waals surface area contributed by atoms with Gasteiger partial charge in [-0.2, -0.15) is 0 Å². The fourth-order valence-electron chi connectivity index (χ4n) is 3.43. The van der Waals surface area contributed by atoms with Crippen molar-refractivity contribution in [2.24, 2.45) is 5.92 Å². The fourth-order valence-corrected chi connectivity index (χ4v) is 3.43. The standard InChI is InChI=1S/C16H25NO/c1-4-6-13-10-16(11-13,12-17-2)14-7-5-8-15(9-14)18-3/h5,7-9,13,17H,4,6,10-12H2,1-3H3. The molecular formula is C16H25NO. The van der Waals surface area contributed by atoms with Crippen molar-refractivity contribution in [1.29, 1.82) is 0 Å². The highest BCUT2D eigenvalue weighted by Crippen LogP contribution is 2.49. The van der Waals surface area contributed by atoms with Crippen LogP contribution in [0.5, 0.6) is 5.75 Å². The first-order valence-electron chi connectivity index (χ1n) is 7.03. The number of hydrogen-bond donors (Lipinski definition) is 1. The molecule has 0 saturated heterocycles. The van der Waals surface area contributed by atoms with Crippen molar-refractivity contribution in [3.05, 3.63) is 29.8 Å². The summed E-state index contributed by atoms with van der Waals surface area (Å²) in [6.45, 7) is 3.35. The van der Waals surface area contributed by atoms with E-state index in [1.807, 2.05) is 6.07 Å². The maximum atomic E-state index is 5.35. The van der Waals surface area contributed by atoms with Gasteiger partial charge >= 0.3 is 0 Å². The predicted molar refractivity (Wildman–Crippen MR) is 76.2 cm³/mol. The molecule has 100 valence electrons. The van der Waals surface area contributed by atoms with Gasteiger partial charge in [0.1, 0.15) is 5.75 Å². The zero-order valence-corrected chi connectivity index (χ0v) is 11.8. The van der Waals surface area contributed by atoms with Crippen molar-refractivity contribution in [1.82, 2.24) is 5.32 Å². The van der Waals surface area contributed by atoms with Crippen LogP contribution in [-0.4, -0.2) is 20.7 Å². The summed E-state index contributed by atoms with van der Waals surface area (Å²) in [7, 11) is 3.79. The Morgan fingerprint density at radius 2 is 2.17 bits per heavy atom. The molecule has 1 aromatic carbocycles. The highest BCUT2D eigenvalue weighted by Gasteiger charge is 2.44. The van der Waals surface area contributed by atoms with E-state index in [1.165, 1.54) is 31.2 Å². The van der Waals surface area contributed by atoms with Crippen LogP contribution in [-0.2, 0) is 5.41 Å². The zero-order chi connectivity index (χ0) is 13.0. The monoisotopic (exact) mass is 247 g/mol. The van der Waals surface area contributed by atoms with Gasteiger partial charge in [-0.3, -0.25) is 0 Å². The second kappa shape index (κ2) is 5.75. The second-order valence-electron chi connectivity index (χ2n) is 5.61. The largest absolute Gasteiger partial charge is 0.497 e. The molecule has 0 atom stereocenters. The van der Waals surface area contributed by atoms with Crippen LogP contribution >= 0.6 is 0 Å². The first kappa shape index (κ1) is 13.4. The fraction of sp³-hybridized carbons (Fsp3) is 0.625. The molecule has 2 rings (SSSR count). The topological polar surface area (TPSA) is 21.3 Å². The summed E-state index contributed by atoms with van der Waals surface area (Å²) in [5.41, 5.74) is 1.77. The van der Waals surface area contributed by atoms with Crippen molar-refractivity contribution in [2.45, 2.75) is 38.0 Å². The highest BCUT2D eigenvalue weighted by molar-refractivity contribution is 5.36. The summed E-state index contributed by atoms with van der Waals surface area (Å²) in [6.07, 6.45) is 5.30. The van der Waals surface area contributed by atoms with Gasteiger partial charge < -0.3 is 10.1 Å². The van der Waals surface area contributed by atoms with Crippen LogP contribution in [0.1, 0.15) is 38.2 Å². The second-order valence-corrected chi connectivity index (χ2v) is 5.61. The lowest BCUT2D eigenvalue weighted by atomic mass is 9.57. The lowest BCUT2D eigenvalue weighted by Crippen LogP contribution is -2.47. The number of nitrogens with one attached hydrogen (secondary N) is 1. The van der Waals surface area contributed by atoms with E-state index < -0.39 is 0 Å². The Morgan fingerprint density at radius 3 is 2.78 bits per heavy atom. The Bertz CT molecular complexity index is 382. The number of hydrogen-bond acceptors (Lipinski definition) is 2. The smallest absolute Gasteiger partial charge is 0.119 e. The van der Waals surface area contributed by atoms with Gasteiger partial charge in [-0.25, -0.2) is 0 Å². The van der Waals surface area contributed by atoms with E-state index >= 15 is 0 Å². The van der Waals surface area contributed by atoms with Crippen LogP contribution in [0.2, 0.25) is 0 Å². The van der Waals surface area contributed by atoms with Gasteiger partial charge in [0.15, 0.2) is 0 Å². The molecular weight excluding hydrogens is 222 g/mol. The van der Waals surface area contributed by atoms with Gasteiger partial charge in [-0.05, 0) is 43.5 Å². The van der Waals surface area contributed by atoms with Crippen LogP contribution < -0.4 is 10.1 Å². The molecule has 0 aromatic heterocycles. The summed E-state index contributed by atoms with van der Waals surface area (Å²) in [4.78, 5) is 0. The molecule has 0 amide bonds. The third-order valence-corrected chi connectivity index (χ3v) is 4.25. The van der Waals surface area contributed by atoms with Gasteiger partial charge in [0.25, 0.3) is 0 Å². The SMILES string of the molecule is CCCC1CC(CNC)(c2cccc(OC)c2)C1. The van der Waals surface area contributed by atoms with Crippen LogP contribution in [0.3, 0.4) is 0 Å². The van der Waals surface area contributed by atoms with Crippen LogP contribution in [0.4, 0.5) is 0 Å². The summed E-state index contributed by atoms with van der Waals surface area (Å²) in [6, 6.07) is 8.60. The van der Waals surface area contributed by atoms with Crippen molar-refractivity contribution in [2.75, 3.05) is 20.7 Å². The number of benzene rings is 1. The average molecular weight is 247 g/mol. The van der Waals surface area contributed by atoms with Crippen molar-refractivity contribution in [3.8, 4) is 5.75 Å². The van der Waals surface area contributed by atoms with E-state index in [0.29, 0.717) is 5.41 Å². The summed E-state index contributed by atoms with van der Waals surface area (Å²) in [5.74, 6) is 1.89. The minimum Gasteiger partial charge on any atom is -0.497 e. The summed E-state index contributed by atoms with van der Waals surface area (Å²) < 4.78 is 5.35. The third kappa shape index (κ3) is 2.54. The lowest BCUT2D eigenvalue weighted by molar-refractivity contribution is 0.131. The maximum Gasteiger partial charge on any atom is 0.119 e. The molecule has 1 N–H and O–H groups in total. The van der Waals surface area contributed by atoms with E-state index in [4.69, 9.17) is 4.74 Å². The molecule has 0 spiro atoms. The predicted octanol–water partition coefficient (Wildman–Crippen LogP) is 3.36. The van der Waals surface area contributed by atoms with Gasteiger partial charge in [-0.1, -0.05) is 31.9 Å². The zero-order valence-electron chi connectivity index (χ0n) is 11.8. The van der Waals surface area contributed by atoms with Crippen LogP contribution in [0, 0.1) is 5.92 Å². The molecule has 1 saturated carbocycles. The maximum absolute atomic E-state index is 5.35. The van der Waals surface area contributed by atoms with Gasteiger partial charge in [0.05, 0.1) is 7.11 Å². The van der Waals surface area contributed by atoms with Gasteiger partial charge in [0.2, 0.25) is 0 Å². The summed E-state index contributed by atoms with van der Waals surface area (Å²) >= 11 is 0. The van der Waals surface area contributed by atoms with E-state index in [1.54, 1.807) is 7.11 Å². The Balaban J connectivity index is 2.15. The molecule has 2 nitrogen and oxygen atoms in total. The Labute approximate surface area is 111 Å². The van der Waals surface area contributed by atoms with E-state index in [0.717, 1.165) is 18.2 Å². The van der Waals surface area contributed by atoms with Crippen LogP contribution in [0.15, 0.2) is 24.3 Å². The molecule has 0 unspecified atom stereocenters. The number of methoxy groups -OCH3 is 1. The summed E-state index contributed by atoms with van der Waals surface area (Å²) in [5, 5.41) is 3.37. The van der Waals surface area contributed by atoms with E-state index in [2.05, 4.69) is 37.5 Å². The Hall–Kier alpha value is -1.02. The molecule has 0 aliphatic heterocycles. The Morgan fingerprint density at radius 1 is 1.39 bits per heavy atom. The number of ether oxygens (including phenoxy) is 1. The van der Waals surface area contributed by atoms with E-state index in [9.17, 15) is 0 Å². The minimum absolute atomic E-state index is 0.336. The first-order valence-corrected chi connectivity index (χ1v) is 7.03. The molecule has 0 radical (unpaired) electrons. The van der Waals surface area contributed by atoms with Gasteiger partial charge in [0, 0.05) is 12.0 Å². The van der Waals surface area contributed by atoms with Crippen LogP contribution in [0.25, 0.3) is 0 Å². The molecule has 0 heterocycles. The molecule has 18 heavy (non-hydrogen) atoms. The van der Waals surface area contributed by atoms with Gasteiger partial charge in [-0.15, -0.1) is 0 Å². The van der Waals surface area contributed by atoms with Crippen molar-refractivity contribution < 1.29 is 4.74 Å². The molecule has 1 aromatic rings. The minimum atomic E-state index is 0.336. The normalized spacial score (nSPS) is 26.7. The highest BCUT2D eigenvalue weighted by atomic mass is 16.5. The van der Waals surface area contributed by atoms with Crippen molar-refractivity contribution in [3.63, 3.8) is 0 Å². The van der Waals surface area contributed by atoms with Crippen molar-refractivity contribution >= 4 is 0 Å². The average Bonchev–Trinajstić information content (AvgIpc) is 2.36. The molecule has 1 aliphatic carbocycles. The Kier molecular flexibility index (Phi) is 4.28. The number of likely N-dealkylation sites (N-methyl/N-ethyl adjacent to an activating group) is 1. The molecule has 2 heteroatoms. The first-order chi connectivity index (χ1) is 8.74.